The van der Waals surface area contributed by atoms with Crippen LogP contribution in [-0.4, -0.2) is 5.97 Å². The first-order valence-corrected chi connectivity index (χ1v) is 13.7. The third-order valence-corrected chi connectivity index (χ3v) is 5.78. The van der Waals surface area contributed by atoms with E-state index in [0.29, 0.717) is 5.56 Å². The zero-order chi connectivity index (χ0) is 24.7. The van der Waals surface area contributed by atoms with Crippen LogP contribution in [0.5, 0.6) is 5.75 Å². The van der Waals surface area contributed by atoms with E-state index >= 15 is 0 Å². The van der Waals surface area contributed by atoms with Gasteiger partial charge in [-0.25, -0.2) is 4.79 Å². The molecule has 0 aliphatic rings. The third kappa shape index (κ3) is 14.8. The van der Waals surface area contributed by atoms with E-state index in [1.807, 2.05) is 18.2 Å². The van der Waals surface area contributed by atoms with Crippen molar-refractivity contribution in [1.29, 1.82) is 0 Å². The molecule has 0 bridgehead atoms. The van der Waals surface area contributed by atoms with Gasteiger partial charge in [0.15, 0.2) is 0 Å². The third-order valence-electron chi connectivity index (χ3n) is 5.78. The standard InChI is InChI=1S/C31H48O3/c1-4-7-10-13-16-19-22-28-27-29(31(32)34-26-21-18-15-12-9-6-3)23-24-30(28)33-25-20-17-14-11-8-5-2/h19-27H,4-18H2,1-3H3. The molecule has 3 nitrogen and oxygen atoms in total. The van der Waals surface area contributed by atoms with Gasteiger partial charge >= 0.3 is 5.97 Å². The largest absolute Gasteiger partial charge is 0.465 e. The lowest BCUT2D eigenvalue weighted by atomic mass is 10.1. The zero-order valence-electron chi connectivity index (χ0n) is 22.0. The fraction of sp³-hybridized carbons (Fsp3) is 0.581. The predicted molar refractivity (Wildman–Crippen MR) is 146 cm³/mol. The van der Waals surface area contributed by atoms with Crippen molar-refractivity contribution >= 4 is 12.0 Å². The molecule has 1 aromatic rings. The summed E-state index contributed by atoms with van der Waals surface area (Å²) in [6.07, 6.45) is 29.3. The number of allylic oxidation sites excluding steroid dienone is 3. The molecule has 0 aliphatic carbocycles. The number of esters is 1. The van der Waals surface area contributed by atoms with Crippen LogP contribution < -0.4 is 4.74 Å². The number of ether oxygens (including phenoxy) is 2. The molecule has 0 radical (unpaired) electrons. The fourth-order valence-electron chi connectivity index (χ4n) is 3.63. The van der Waals surface area contributed by atoms with Crippen LogP contribution in [0.15, 0.2) is 49.0 Å². The quantitative estimate of drug-likeness (QED) is 0.108. The van der Waals surface area contributed by atoms with E-state index in [9.17, 15) is 4.79 Å². The van der Waals surface area contributed by atoms with Crippen molar-refractivity contribution in [2.75, 3.05) is 0 Å². The Hall–Kier alpha value is -2.29. The summed E-state index contributed by atoms with van der Waals surface area (Å²) in [6.45, 7) is 6.65. The molecular weight excluding hydrogens is 420 g/mol. The minimum absolute atomic E-state index is 0.333. The monoisotopic (exact) mass is 468 g/mol. The second-order valence-corrected chi connectivity index (χ2v) is 8.97. The van der Waals surface area contributed by atoms with Crippen molar-refractivity contribution in [3.63, 3.8) is 0 Å². The van der Waals surface area contributed by atoms with Crippen LogP contribution in [0.3, 0.4) is 0 Å². The normalized spacial score (nSPS) is 11.7. The lowest BCUT2D eigenvalue weighted by Crippen LogP contribution is -2.01. The fourth-order valence-corrected chi connectivity index (χ4v) is 3.63. The Labute approximate surface area is 209 Å². The van der Waals surface area contributed by atoms with Gasteiger partial charge in [0.25, 0.3) is 0 Å². The minimum atomic E-state index is -0.333. The number of rotatable bonds is 20. The van der Waals surface area contributed by atoms with Crippen LogP contribution in [0.4, 0.5) is 0 Å². The molecule has 0 aromatic heterocycles. The maximum atomic E-state index is 12.5. The molecule has 0 amide bonds. The lowest BCUT2D eigenvalue weighted by Gasteiger charge is -2.08. The van der Waals surface area contributed by atoms with Gasteiger partial charge in [-0.2, -0.15) is 0 Å². The average Bonchev–Trinajstić information content (AvgIpc) is 2.85. The van der Waals surface area contributed by atoms with Gasteiger partial charge in [0.2, 0.25) is 0 Å². The predicted octanol–water partition coefficient (Wildman–Crippen LogP) is 10.2. The molecule has 0 N–H and O–H groups in total. The Morgan fingerprint density at radius 2 is 1.26 bits per heavy atom. The smallest absolute Gasteiger partial charge is 0.342 e. The zero-order valence-corrected chi connectivity index (χ0v) is 22.0. The second-order valence-electron chi connectivity index (χ2n) is 8.97. The Bertz CT molecular complexity index is 730. The van der Waals surface area contributed by atoms with Crippen LogP contribution >= 0.6 is 0 Å². The summed E-state index contributed by atoms with van der Waals surface area (Å²) >= 11 is 0. The molecular formula is C31H48O3. The first-order valence-electron chi connectivity index (χ1n) is 13.7. The van der Waals surface area contributed by atoms with Gasteiger partial charge in [-0.3, -0.25) is 0 Å². The van der Waals surface area contributed by atoms with E-state index in [1.54, 1.807) is 12.3 Å². The van der Waals surface area contributed by atoms with Crippen molar-refractivity contribution in [1.82, 2.24) is 0 Å². The van der Waals surface area contributed by atoms with E-state index in [1.165, 1.54) is 76.9 Å². The lowest BCUT2D eigenvalue weighted by molar-refractivity contribution is 0.0662. The van der Waals surface area contributed by atoms with Crippen LogP contribution in [-0.2, 0) is 4.74 Å². The van der Waals surface area contributed by atoms with Crippen LogP contribution in [0.1, 0.15) is 133 Å². The van der Waals surface area contributed by atoms with Crippen LogP contribution in [0, 0.1) is 0 Å². The highest BCUT2D eigenvalue weighted by Crippen LogP contribution is 2.23. The molecule has 0 unspecified atom stereocenters. The number of hydrogen-bond acceptors (Lipinski definition) is 3. The summed E-state index contributed by atoms with van der Waals surface area (Å²) in [5, 5.41) is 0. The summed E-state index contributed by atoms with van der Waals surface area (Å²) in [4.78, 5) is 12.5. The Morgan fingerprint density at radius 3 is 1.85 bits per heavy atom. The SMILES string of the molecule is CCCCCCC=COC(=O)c1ccc(OC=CCCCCCC)c(C=CCCCCCC)c1. The van der Waals surface area contributed by atoms with Gasteiger partial charge in [-0.15, -0.1) is 0 Å². The Morgan fingerprint density at radius 1 is 0.706 bits per heavy atom. The number of benzene rings is 1. The maximum Gasteiger partial charge on any atom is 0.342 e. The van der Waals surface area contributed by atoms with Crippen molar-refractivity contribution in [2.24, 2.45) is 0 Å². The average molecular weight is 469 g/mol. The first-order chi connectivity index (χ1) is 16.7. The van der Waals surface area contributed by atoms with Crippen LogP contribution in [0.2, 0.25) is 0 Å². The molecule has 0 aliphatic heterocycles. The number of carbonyl (C=O) groups is 1. The number of hydrogen-bond donors (Lipinski definition) is 0. The summed E-state index contributed by atoms with van der Waals surface area (Å²) in [5.41, 5.74) is 1.45. The number of unbranched alkanes of at least 4 members (excludes halogenated alkanes) is 12. The van der Waals surface area contributed by atoms with E-state index in [-0.39, 0.29) is 5.97 Å². The summed E-state index contributed by atoms with van der Waals surface area (Å²) in [6, 6.07) is 5.51. The van der Waals surface area contributed by atoms with Gasteiger partial charge in [-0.1, -0.05) is 90.7 Å². The molecule has 0 saturated carbocycles. The summed E-state index contributed by atoms with van der Waals surface area (Å²) in [7, 11) is 0. The molecule has 0 atom stereocenters. The maximum absolute atomic E-state index is 12.5. The van der Waals surface area contributed by atoms with Gasteiger partial charge in [-0.05, 0) is 68.9 Å². The number of carbonyl (C=O) groups excluding carboxylic acids is 1. The van der Waals surface area contributed by atoms with Crippen molar-refractivity contribution in [3.05, 3.63) is 60.1 Å². The van der Waals surface area contributed by atoms with E-state index in [2.05, 4.69) is 39.0 Å². The molecule has 34 heavy (non-hydrogen) atoms. The highest BCUT2D eigenvalue weighted by Gasteiger charge is 2.10. The second kappa shape index (κ2) is 21.3. The highest BCUT2D eigenvalue weighted by atomic mass is 16.5. The molecule has 0 heterocycles. The van der Waals surface area contributed by atoms with Gasteiger partial charge in [0.1, 0.15) is 5.75 Å². The Balaban J connectivity index is 2.71. The van der Waals surface area contributed by atoms with Crippen molar-refractivity contribution in [3.8, 4) is 5.75 Å². The van der Waals surface area contributed by atoms with E-state index < -0.39 is 0 Å². The van der Waals surface area contributed by atoms with Crippen molar-refractivity contribution < 1.29 is 14.3 Å². The summed E-state index contributed by atoms with van der Waals surface area (Å²) in [5.74, 6) is 0.429. The Kier molecular flexibility index (Phi) is 18.6. The molecule has 0 saturated heterocycles. The minimum Gasteiger partial charge on any atom is -0.465 e. The molecule has 1 aromatic carbocycles. The van der Waals surface area contributed by atoms with Gasteiger partial charge in [0, 0.05) is 5.56 Å². The van der Waals surface area contributed by atoms with Crippen LogP contribution in [0.25, 0.3) is 6.08 Å². The molecule has 0 fully saturated rings. The van der Waals surface area contributed by atoms with E-state index in [0.717, 1.165) is 37.0 Å². The molecule has 1 rings (SSSR count). The summed E-state index contributed by atoms with van der Waals surface area (Å²) < 4.78 is 11.3. The van der Waals surface area contributed by atoms with Crippen molar-refractivity contribution in [2.45, 2.75) is 117 Å². The highest BCUT2D eigenvalue weighted by molar-refractivity contribution is 5.91. The van der Waals surface area contributed by atoms with Gasteiger partial charge < -0.3 is 9.47 Å². The van der Waals surface area contributed by atoms with E-state index in [4.69, 9.17) is 9.47 Å². The topological polar surface area (TPSA) is 35.5 Å². The van der Waals surface area contributed by atoms with Gasteiger partial charge in [0.05, 0.1) is 18.1 Å². The molecule has 190 valence electrons. The molecule has 3 heteroatoms. The first kappa shape index (κ1) is 29.7. The molecule has 0 spiro atoms.